The molecule has 5 heteroatoms. The van der Waals surface area contributed by atoms with Gasteiger partial charge in [-0.2, -0.15) is 0 Å². The summed E-state index contributed by atoms with van der Waals surface area (Å²) in [6.07, 6.45) is 1.52. The number of nitrogens with two attached hydrogens (primary N) is 1. The molecule has 0 saturated heterocycles. The molecule has 0 radical (unpaired) electrons. The van der Waals surface area contributed by atoms with Crippen molar-refractivity contribution in [3.05, 3.63) is 0 Å². The number of hydrogen-bond donors (Lipinski definition) is 3. The predicted molar refractivity (Wildman–Crippen MR) is 57.8 cm³/mol. The molecule has 4 N–H and O–H groups in total. The molecule has 0 heterocycles. The number of ether oxygens (including phenoxy) is 1. The minimum atomic E-state index is -0.519. The van der Waals surface area contributed by atoms with Crippen molar-refractivity contribution >= 4 is 11.9 Å². The lowest BCUT2D eigenvalue weighted by Gasteiger charge is -2.22. The average molecular weight is 213 g/mol. The number of rotatable bonds is 3. The largest absolute Gasteiger partial charge is 0.444 e. The first-order chi connectivity index (χ1) is 6.79. The minimum absolute atomic E-state index is 0.00311. The first kappa shape index (κ1) is 11.8. The molecule has 1 rings (SSSR count). The summed E-state index contributed by atoms with van der Waals surface area (Å²) in [6, 6.07) is -0.361. The molecule has 0 aromatic carbocycles. The number of nitrogens with one attached hydrogen (secondary N) is 2. The van der Waals surface area contributed by atoms with E-state index in [1.807, 2.05) is 0 Å². The van der Waals surface area contributed by atoms with Crippen LogP contribution in [0.4, 0.5) is 4.79 Å². The van der Waals surface area contributed by atoms with Gasteiger partial charge in [0.2, 0.25) is 0 Å². The molecular weight excluding hydrogens is 194 g/mol. The summed E-state index contributed by atoms with van der Waals surface area (Å²) in [5, 5.41) is 9.98. The summed E-state index contributed by atoms with van der Waals surface area (Å²) >= 11 is 0. The SMILES string of the molecule is CC(C)(C)OC(=O)N[C@H](C(=N)N)C1CC1. The average Bonchev–Trinajstić information content (AvgIpc) is 2.78. The summed E-state index contributed by atoms with van der Waals surface area (Å²) in [5.74, 6) is 0.318. The molecule has 0 aromatic heterocycles. The van der Waals surface area contributed by atoms with Crippen LogP contribution in [0.1, 0.15) is 33.6 Å². The van der Waals surface area contributed by atoms with Crippen molar-refractivity contribution in [2.75, 3.05) is 0 Å². The third-order valence-electron chi connectivity index (χ3n) is 2.10. The highest BCUT2D eigenvalue weighted by Gasteiger charge is 2.35. The third-order valence-corrected chi connectivity index (χ3v) is 2.10. The normalized spacial score (nSPS) is 18.1. The summed E-state index contributed by atoms with van der Waals surface area (Å²) in [5.41, 5.74) is 4.88. The molecule has 1 amide bonds. The highest BCUT2D eigenvalue weighted by molar-refractivity contribution is 5.87. The molecule has 0 unspecified atom stereocenters. The van der Waals surface area contributed by atoms with Crippen molar-refractivity contribution in [3.63, 3.8) is 0 Å². The summed E-state index contributed by atoms with van der Waals surface area (Å²) in [7, 11) is 0. The first-order valence-corrected chi connectivity index (χ1v) is 5.13. The molecule has 0 aliphatic heterocycles. The minimum Gasteiger partial charge on any atom is -0.444 e. The molecule has 0 spiro atoms. The van der Waals surface area contributed by atoms with Crippen LogP contribution in [0.15, 0.2) is 0 Å². The van der Waals surface area contributed by atoms with Gasteiger partial charge in [0.25, 0.3) is 0 Å². The van der Waals surface area contributed by atoms with E-state index in [4.69, 9.17) is 15.9 Å². The van der Waals surface area contributed by atoms with Gasteiger partial charge in [-0.15, -0.1) is 0 Å². The zero-order chi connectivity index (χ0) is 11.6. The van der Waals surface area contributed by atoms with E-state index >= 15 is 0 Å². The van der Waals surface area contributed by atoms with Crippen LogP contribution in [0.2, 0.25) is 0 Å². The van der Waals surface area contributed by atoms with Gasteiger partial charge in [0.05, 0.1) is 6.04 Å². The van der Waals surface area contributed by atoms with Crippen molar-refractivity contribution < 1.29 is 9.53 Å². The lowest BCUT2D eigenvalue weighted by molar-refractivity contribution is 0.0513. The maximum atomic E-state index is 11.4. The van der Waals surface area contributed by atoms with Gasteiger partial charge in [0, 0.05) is 0 Å². The summed E-state index contributed by atoms with van der Waals surface area (Å²) < 4.78 is 5.09. The van der Waals surface area contributed by atoms with E-state index < -0.39 is 11.7 Å². The van der Waals surface area contributed by atoms with E-state index in [2.05, 4.69) is 5.32 Å². The van der Waals surface area contributed by atoms with Crippen molar-refractivity contribution in [2.24, 2.45) is 11.7 Å². The zero-order valence-electron chi connectivity index (χ0n) is 9.46. The summed E-state index contributed by atoms with van der Waals surface area (Å²) in [6.45, 7) is 5.39. The Hall–Kier alpha value is -1.26. The number of hydrogen-bond acceptors (Lipinski definition) is 3. The molecule has 1 aliphatic carbocycles. The molecule has 0 bridgehead atoms. The Morgan fingerprint density at radius 2 is 2.07 bits per heavy atom. The van der Waals surface area contributed by atoms with E-state index in [1.165, 1.54) is 0 Å². The van der Waals surface area contributed by atoms with Gasteiger partial charge in [-0.05, 0) is 39.5 Å². The Balaban J connectivity index is 2.44. The Bertz CT molecular complexity index is 266. The lowest BCUT2D eigenvalue weighted by atomic mass is 10.1. The van der Waals surface area contributed by atoms with Gasteiger partial charge >= 0.3 is 6.09 Å². The zero-order valence-corrected chi connectivity index (χ0v) is 9.46. The van der Waals surface area contributed by atoms with Crippen LogP contribution in [-0.4, -0.2) is 23.6 Å². The lowest BCUT2D eigenvalue weighted by Crippen LogP contribution is -2.47. The quantitative estimate of drug-likeness (QED) is 0.486. The molecule has 86 valence electrons. The van der Waals surface area contributed by atoms with Gasteiger partial charge in [0.15, 0.2) is 0 Å². The maximum Gasteiger partial charge on any atom is 0.408 e. The van der Waals surface area contributed by atoms with Crippen LogP contribution >= 0.6 is 0 Å². The number of amidine groups is 1. The standard InChI is InChI=1S/C10H19N3O2/c1-10(2,3)15-9(14)13-7(8(11)12)6-4-5-6/h6-7H,4-5H2,1-3H3,(H3,11,12)(H,13,14)/t7-/m0/s1. The van der Waals surface area contributed by atoms with Crippen LogP contribution < -0.4 is 11.1 Å². The molecule has 5 nitrogen and oxygen atoms in total. The second kappa shape index (κ2) is 4.08. The topological polar surface area (TPSA) is 88.2 Å². The van der Waals surface area contributed by atoms with Gasteiger partial charge in [0.1, 0.15) is 11.4 Å². The first-order valence-electron chi connectivity index (χ1n) is 5.13. The van der Waals surface area contributed by atoms with Crippen LogP contribution in [0, 0.1) is 11.3 Å². The van der Waals surface area contributed by atoms with E-state index in [0.717, 1.165) is 12.8 Å². The van der Waals surface area contributed by atoms with Crippen molar-refractivity contribution in [3.8, 4) is 0 Å². The summed E-state index contributed by atoms with van der Waals surface area (Å²) in [4.78, 5) is 11.4. The molecule has 15 heavy (non-hydrogen) atoms. The Morgan fingerprint density at radius 1 is 1.53 bits per heavy atom. The van der Waals surface area contributed by atoms with Crippen LogP contribution in [0.25, 0.3) is 0 Å². The highest BCUT2D eigenvalue weighted by atomic mass is 16.6. The van der Waals surface area contributed by atoms with E-state index in [9.17, 15) is 4.79 Å². The van der Waals surface area contributed by atoms with E-state index in [1.54, 1.807) is 20.8 Å². The third kappa shape index (κ3) is 4.18. The Labute approximate surface area is 89.9 Å². The number of carbonyl (C=O) groups is 1. The Morgan fingerprint density at radius 3 is 2.40 bits per heavy atom. The second-order valence-corrected chi connectivity index (χ2v) is 4.92. The van der Waals surface area contributed by atoms with E-state index in [-0.39, 0.29) is 11.9 Å². The van der Waals surface area contributed by atoms with Gasteiger partial charge in [-0.1, -0.05) is 0 Å². The number of carbonyl (C=O) groups excluding carboxylic acids is 1. The number of alkyl carbamates (subject to hydrolysis) is 1. The highest BCUT2D eigenvalue weighted by Crippen LogP contribution is 2.32. The maximum absolute atomic E-state index is 11.4. The molecule has 1 aliphatic rings. The fourth-order valence-corrected chi connectivity index (χ4v) is 1.31. The monoisotopic (exact) mass is 213 g/mol. The van der Waals surface area contributed by atoms with E-state index in [0.29, 0.717) is 5.92 Å². The van der Waals surface area contributed by atoms with Gasteiger partial charge < -0.3 is 15.8 Å². The fraction of sp³-hybridized carbons (Fsp3) is 0.800. The van der Waals surface area contributed by atoms with Crippen LogP contribution in [0.5, 0.6) is 0 Å². The Kier molecular flexibility index (Phi) is 3.21. The van der Waals surface area contributed by atoms with Crippen molar-refractivity contribution in [1.82, 2.24) is 5.32 Å². The smallest absolute Gasteiger partial charge is 0.408 e. The molecule has 1 fully saturated rings. The van der Waals surface area contributed by atoms with Crippen LogP contribution in [0.3, 0.4) is 0 Å². The fourth-order valence-electron chi connectivity index (χ4n) is 1.31. The molecule has 0 aromatic rings. The molecule has 1 saturated carbocycles. The predicted octanol–water partition coefficient (Wildman–Crippen LogP) is 1.23. The number of amides is 1. The molecular formula is C10H19N3O2. The van der Waals surface area contributed by atoms with Gasteiger partial charge in [-0.25, -0.2) is 4.79 Å². The molecule has 1 atom stereocenters. The van der Waals surface area contributed by atoms with Crippen molar-refractivity contribution in [2.45, 2.75) is 45.3 Å². The van der Waals surface area contributed by atoms with Crippen molar-refractivity contribution in [1.29, 1.82) is 5.41 Å². The van der Waals surface area contributed by atoms with Gasteiger partial charge in [-0.3, -0.25) is 5.41 Å². The van der Waals surface area contributed by atoms with Crippen LogP contribution in [-0.2, 0) is 4.74 Å². The second-order valence-electron chi connectivity index (χ2n) is 4.92.